The standard InChI is InChI=1S/C10H22N4/c1-3-8-6-5-7-9(8)13-10(14-11)12-4-2/h8-9H,3-7,11H2,1-2H3,(H2,12,13,14). The van der Waals surface area contributed by atoms with E-state index in [-0.39, 0.29) is 0 Å². The molecule has 0 saturated heterocycles. The zero-order valence-corrected chi connectivity index (χ0v) is 9.21. The number of aliphatic imine (C=N–C) groups is 1. The van der Waals surface area contributed by atoms with E-state index in [1.54, 1.807) is 0 Å². The number of hydrogen-bond acceptors (Lipinski definition) is 2. The molecule has 0 aromatic heterocycles. The molecule has 0 radical (unpaired) electrons. The summed E-state index contributed by atoms with van der Waals surface area (Å²) in [7, 11) is 0. The molecule has 4 heteroatoms. The molecule has 0 aliphatic heterocycles. The maximum atomic E-state index is 5.38. The van der Waals surface area contributed by atoms with E-state index in [0.29, 0.717) is 6.04 Å². The van der Waals surface area contributed by atoms with Crippen LogP contribution < -0.4 is 16.6 Å². The van der Waals surface area contributed by atoms with Crippen LogP contribution in [0.25, 0.3) is 0 Å². The third kappa shape index (κ3) is 2.87. The van der Waals surface area contributed by atoms with Crippen molar-refractivity contribution < 1.29 is 0 Å². The van der Waals surface area contributed by atoms with Crippen molar-refractivity contribution in [2.24, 2.45) is 16.8 Å². The van der Waals surface area contributed by atoms with Gasteiger partial charge in [-0.25, -0.2) is 5.84 Å². The monoisotopic (exact) mass is 198 g/mol. The van der Waals surface area contributed by atoms with Crippen LogP contribution in [-0.4, -0.2) is 18.5 Å². The van der Waals surface area contributed by atoms with E-state index in [4.69, 9.17) is 5.84 Å². The Labute approximate surface area is 86.3 Å². The first-order valence-electron chi connectivity index (χ1n) is 5.59. The van der Waals surface area contributed by atoms with E-state index in [0.717, 1.165) is 18.4 Å². The van der Waals surface area contributed by atoms with E-state index in [1.165, 1.54) is 25.7 Å². The second-order valence-electron chi connectivity index (χ2n) is 3.82. The van der Waals surface area contributed by atoms with Crippen LogP contribution in [0.5, 0.6) is 0 Å². The van der Waals surface area contributed by atoms with Crippen LogP contribution in [0, 0.1) is 5.92 Å². The summed E-state index contributed by atoms with van der Waals surface area (Å²) in [5, 5.41) is 3.38. The van der Waals surface area contributed by atoms with E-state index < -0.39 is 0 Å². The molecule has 0 aromatic rings. The number of rotatable bonds is 3. The molecule has 0 amide bonds. The molecule has 4 nitrogen and oxygen atoms in total. The van der Waals surface area contributed by atoms with E-state index in [9.17, 15) is 0 Å². The van der Waals surface area contributed by atoms with Gasteiger partial charge in [-0.1, -0.05) is 19.8 Å². The van der Waals surface area contributed by atoms with Crippen LogP contribution in [0.3, 0.4) is 0 Å². The molecule has 2 atom stereocenters. The largest absolute Gasteiger partial charge is 0.352 e. The first-order valence-corrected chi connectivity index (χ1v) is 5.59. The summed E-state index contributed by atoms with van der Waals surface area (Å²) in [5.74, 6) is 6.90. The average molecular weight is 198 g/mol. The molecule has 1 aliphatic rings. The van der Waals surface area contributed by atoms with Crippen LogP contribution in [0.15, 0.2) is 4.99 Å². The van der Waals surface area contributed by atoms with Gasteiger partial charge in [0.05, 0.1) is 0 Å². The van der Waals surface area contributed by atoms with Crippen molar-refractivity contribution in [1.82, 2.24) is 10.7 Å². The van der Waals surface area contributed by atoms with Crippen LogP contribution in [0.1, 0.15) is 39.5 Å². The summed E-state index contributed by atoms with van der Waals surface area (Å²) in [6.45, 7) is 5.01. The third-order valence-electron chi connectivity index (χ3n) is 2.96. The van der Waals surface area contributed by atoms with Crippen molar-refractivity contribution >= 4 is 5.96 Å². The lowest BCUT2D eigenvalue weighted by molar-refractivity contribution is 0.432. The lowest BCUT2D eigenvalue weighted by Crippen LogP contribution is -2.47. The fraction of sp³-hybridized carbons (Fsp3) is 0.900. The lowest BCUT2D eigenvalue weighted by Gasteiger charge is -2.21. The molecule has 82 valence electrons. The summed E-state index contributed by atoms with van der Waals surface area (Å²) in [6, 6.07) is 0.557. The van der Waals surface area contributed by atoms with Crippen LogP contribution >= 0.6 is 0 Å². The summed E-state index contributed by atoms with van der Waals surface area (Å²) >= 11 is 0. The summed E-state index contributed by atoms with van der Waals surface area (Å²) in [4.78, 5) is 4.24. The first kappa shape index (κ1) is 11.3. The Kier molecular flexibility index (Phi) is 4.73. The van der Waals surface area contributed by atoms with Gasteiger partial charge in [0.15, 0.2) is 0 Å². The van der Waals surface area contributed by atoms with Crippen molar-refractivity contribution in [2.45, 2.75) is 45.6 Å². The number of nitrogens with zero attached hydrogens (tertiary/aromatic N) is 1. The quantitative estimate of drug-likeness (QED) is 0.274. The smallest absolute Gasteiger partial charge is 0.205 e. The number of nitrogens with two attached hydrogens (primary N) is 1. The van der Waals surface area contributed by atoms with Crippen LogP contribution in [0.4, 0.5) is 0 Å². The molecule has 0 aromatic carbocycles. The highest BCUT2D eigenvalue weighted by atomic mass is 15.3. The molecular formula is C10H22N4. The maximum absolute atomic E-state index is 5.38. The lowest BCUT2D eigenvalue weighted by atomic mass is 10.0. The normalized spacial score (nSPS) is 27.8. The second kappa shape index (κ2) is 5.86. The zero-order valence-electron chi connectivity index (χ0n) is 9.21. The van der Waals surface area contributed by atoms with Gasteiger partial charge in [0.25, 0.3) is 0 Å². The van der Waals surface area contributed by atoms with Gasteiger partial charge in [-0.15, -0.1) is 0 Å². The van der Waals surface area contributed by atoms with Gasteiger partial charge in [0.2, 0.25) is 5.96 Å². The minimum absolute atomic E-state index is 0.557. The van der Waals surface area contributed by atoms with Crippen LogP contribution in [-0.2, 0) is 0 Å². The Morgan fingerprint density at radius 1 is 1.43 bits per heavy atom. The average Bonchev–Trinajstić information content (AvgIpc) is 2.64. The molecule has 1 fully saturated rings. The molecule has 4 N–H and O–H groups in total. The summed E-state index contributed by atoms with van der Waals surface area (Å²) < 4.78 is 0. The number of nitrogens with one attached hydrogen (secondary N) is 2. The molecule has 14 heavy (non-hydrogen) atoms. The Balaban J connectivity index is 2.45. The molecule has 2 unspecified atom stereocenters. The molecule has 1 rings (SSSR count). The highest BCUT2D eigenvalue weighted by Gasteiger charge is 2.26. The summed E-state index contributed by atoms with van der Waals surface area (Å²) in [6.07, 6.45) is 5.13. The molecule has 1 aliphatic carbocycles. The fourth-order valence-corrected chi connectivity index (χ4v) is 2.18. The van der Waals surface area contributed by atoms with E-state index in [1.807, 2.05) is 6.92 Å². The highest BCUT2D eigenvalue weighted by Crippen LogP contribution is 2.27. The minimum atomic E-state index is 0.557. The molecule has 0 bridgehead atoms. The Bertz CT molecular complexity index is 191. The van der Waals surface area contributed by atoms with Gasteiger partial charge in [-0.05, 0) is 25.7 Å². The van der Waals surface area contributed by atoms with Gasteiger partial charge < -0.3 is 5.32 Å². The van der Waals surface area contributed by atoms with Gasteiger partial charge in [0, 0.05) is 12.6 Å². The number of hydrazine groups is 1. The van der Waals surface area contributed by atoms with Gasteiger partial charge in [-0.3, -0.25) is 10.4 Å². The van der Waals surface area contributed by atoms with Crippen molar-refractivity contribution in [1.29, 1.82) is 0 Å². The SMILES string of the molecule is CCN=C(NN)NC1CCCC1CC. The molecular weight excluding hydrogens is 176 g/mol. The van der Waals surface area contributed by atoms with Crippen molar-refractivity contribution in [3.63, 3.8) is 0 Å². The molecule has 0 spiro atoms. The Morgan fingerprint density at radius 2 is 2.21 bits per heavy atom. The minimum Gasteiger partial charge on any atom is -0.352 e. The summed E-state index contributed by atoms with van der Waals surface area (Å²) in [5.41, 5.74) is 2.61. The van der Waals surface area contributed by atoms with Crippen molar-refractivity contribution in [2.75, 3.05) is 6.54 Å². The van der Waals surface area contributed by atoms with Crippen LogP contribution in [0.2, 0.25) is 0 Å². The van der Waals surface area contributed by atoms with Gasteiger partial charge in [0.1, 0.15) is 0 Å². The van der Waals surface area contributed by atoms with E-state index >= 15 is 0 Å². The van der Waals surface area contributed by atoms with E-state index in [2.05, 4.69) is 22.7 Å². The third-order valence-corrected chi connectivity index (χ3v) is 2.96. The Morgan fingerprint density at radius 3 is 2.79 bits per heavy atom. The number of guanidine groups is 1. The predicted molar refractivity (Wildman–Crippen MR) is 59.9 cm³/mol. The molecule has 1 saturated carbocycles. The zero-order chi connectivity index (χ0) is 10.4. The topological polar surface area (TPSA) is 62.4 Å². The first-order chi connectivity index (χ1) is 6.81. The Hall–Kier alpha value is -0.770. The maximum Gasteiger partial charge on any atom is 0.205 e. The predicted octanol–water partition coefficient (Wildman–Crippen LogP) is 0.994. The van der Waals surface area contributed by atoms with Gasteiger partial charge >= 0.3 is 0 Å². The number of hydrogen-bond donors (Lipinski definition) is 3. The second-order valence-corrected chi connectivity index (χ2v) is 3.82. The molecule has 0 heterocycles. The van der Waals surface area contributed by atoms with Crippen molar-refractivity contribution in [3.05, 3.63) is 0 Å². The van der Waals surface area contributed by atoms with Crippen molar-refractivity contribution in [3.8, 4) is 0 Å². The fourth-order valence-electron chi connectivity index (χ4n) is 2.18. The highest BCUT2D eigenvalue weighted by molar-refractivity contribution is 5.79. The van der Waals surface area contributed by atoms with Gasteiger partial charge in [-0.2, -0.15) is 0 Å².